The van der Waals surface area contributed by atoms with Crippen molar-refractivity contribution in [1.29, 1.82) is 0 Å². The second-order valence-corrected chi connectivity index (χ2v) is 4.06. The van der Waals surface area contributed by atoms with Crippen LogP contribution in [-0.4, -0.2) is 23.0 Å². The number of imidazole rings is 1. The topological polar surface area (TPSA) is 55.0 Å². The van der Waals surface area contributed by atoms with Crippen molar-refractivity contribution in [3.8, 4) is 11.4 Å². The van der Waals surface area contributed by atoms with Crippen molar-refractivity contribution in [3.63, 3.8) is 0 Å². The van der Waals surface area contributed by atoms with E-state index in [0.29, 0.717) is 11.5 Å². The van der Waals surface area contributed by atoms with Crippen LogP contribution in [0.25, 0.3) is 11.4 Å². The van der Waals surface area contributed by atoms with Crippen LogP contribution in [0.4, 0.5) is 0 Å². The Kier molecular flexibility index (Phi) is 3.05. The fraction of sp³-hybridized carbons (Fsp3) is 0.0909. The van der Waals surface area contributed by atoms with Crippen LogP contribution in [0.15, 0.2) is 34.9 Å². The maximum Gasteiger partial charge on any atom is 0.356 e. The van der Waals surface area contributed by atoms with E-state index in [1.807, 2.05) is 24.3 Å². The maximum atomic E-state index is 11.2. The molecule has 1 heterocycles. The molecule has 16 heavy (non-hydrogen) atoms. The zero-order chi connectivity index (χ0) is 11.5. The molecule has 0 fully saturated rings. The van der Waals surface area contributed by atoms with Crippen molar-refractivity contribution < 1.29 is 9.53 Å². The van der Waals surface area contributed by atoms with Gasteiger partial charge < -0.3 is 9.72 Å². The van der Waals surface area contributed by atoms with E-state index in [1.54, 1.807) is 0 Å². The minimum absolute atomic E-state index is 0.345. The number of aromatic amines is 1. The van der Waals surface area contributed by atoms with Gasteiger partial charge in [-0.05, 0) is 12.1 Å². The largest absolute Gasteiger partial charge is 0.464 e. The maximum absolute atomic E-state index is 11.2. The average molecular weight is 281 g/mol. The summed E-state index contributed by atoms with van der Waals surface area (Å²) in [4.78, 5) is 18.2. The van der Waals surface area contributed by atoms with Gasteiger partial charge in [-0.2, -0.15) is 0 Å². The normalized spacial score (nSPS) is 10.1. The molecular formula is C11H9BrN2O2. The number of aromatic nitrogens is 2. The summed E-state index contributed by atoms with van der Waals surface area (Å²) in [6.07, 6.45) is 1.46. The van der Waals surface area contributed by atoms with E-state index < -0.39 is 5.97 Å². The summed E-state index contributed by atoms with van der Waals surface area (Å²) in [5.41, 5.74) is 1.25. The highest BCUT2D eigenvalue weighted by Gasteiger charge is 2.10. The first-order chi connectivity index (χ1) is 7.70. The number of ether oxygens (including phenoxy) is 1. The predicted octanol–water partition coefficient (Wildman–Crippen LogP) is 2.63. The Hall–Kier alpha value is -1.62. The number of hydrogen-bond acceptors (Lipinski definition) is 3. The lowest BCUT2D eigenvalue weighted by atomic mass is 10.2. The number of nitrogens with one attached hydrogen (secondary N) is 1. The third kappa shape index (κ3) is 2.14. The molecule has 5 heteroatoms. The van der Waals surface area contributed by atoms with Gasteiger partial charge in [-0.1, -0.05) is 28.1 Å². The molecule has 4 nitrogen and oxygen atoms in total. The number of H-pyrrole nitrogens is 1. The van der Waals surface area contributed by atoms with Crippen molar-refractivity contribution in [2.24, 2.45) is 0 Å². The minimum atomic E-state index is -0.422. The molecule has 1 aromatic heterocycles. The number of nitrogens with zero attached hydrogens (tertiary/aromatic N) is 1. The molecule has 0 saturated carbocycles. The number of halogens is 1. The van der Waals surface area contributed by atoms with Gasteiger partial charge in [-0.25, -0.2) is 9.78 Å². The lowest BCUT2D eigenvalue weighted by Crippen LogP contribution is -2.00. The summed E-state index contributed by atoms with van der Waals surface area (Å²) in [5.74, 6) is 0.218. The van der Waals surface area contributed by atoms with Crippen LogP contribution in [0, 0.1) is 0 Å². The van der Waals surface area contributed by atoms with Gasteiger partial charge >= 0.3 is 5.97 Å². The Bertz CT molecular complexity index is 522. The van der Waals surface area contributed by atoms with E-state index in [1.165, 1.54) is 13.3 Å². The smallest absolute Gasteiger partial charge is 0.356 e. The Morgan fingerprint density at radius 3 is 3.00 bits per heavy atom. The zero-order valence-corrected chi connectivity index (χ0v) is 10.1. The van der Waals surface area contributed by atoms with Crippen molar-refractivity contribution >= 4 is 21.9 Å². The lowest BCUT2D eigenvalue weighted by Gasteiger charge is -1.97. The van der Waals surface area contributed by atoms with Gasteiger partial charge in [0.15, 0.2) is 0 Å². The molecule has 0 aliphatic heterocycles. The van der Waals surface area contributed by atoms with Crippen molar-refractivity contribution in [1.82, 2.24) is 9.97 Å². The molecular weight excluding hydrogens is 272 g/mol. The van der Waals surface area contributed by atoms with Crippen molar-refractivity contribution in [2.45, 2.75) is 0 Å². The van der Waals surface area contributed by atoms with E-state index in [9.17, 15) is 4.79 Å². The van der Waals surface area contributed by atoms with Crippen LogP contribution < -0.4 is 0 Å². The molecule has 0 radical (unpaired) electrons. The quantitative estimate of drug-likeness (QED) is 0.861. The molecule has 2 aromatic rings. The summed E-state index contributed by atoms with van der Waals surface area (Å²) < 4.78 is 5.55. The highest BCUT2D eigenvalue weighted by atomic mass is 79.9. The Morgan fingerprint density at radius 2 is 2.31 bits per heavy atom. The molecule has 0 bridgehead atoms. The fourth-order valence-corrected chi connectivity index (χ4v) is 1.72. The van der Waals surface area contributed by atoms with Crippen molar-refractivity contribution in [3.05, 3.63) is 40.6 Å². The van der Waals surface area contributed by atoms with Gasteiger partial charge in [-0.15, -0.1) is 0 Å². The molecule has 0 saturated heterocycles. The lowest BCUT2D eigenvalue weighted by molar-refractivity contribution is 0.0595. The summed E-state index contributed by atoms with van der Waals surface area (Å²) in [5, 5.41) is 0. The number of carbonyl (C=O) groups excluding carboxylic acids is 1. The molecule has 1 aromatic carbocycles. The number of hydrogen-bond donors (Lipinski definition) is 1. The van der Waals surface area contributed by atoms with Gasteiger partial charge in [-0.3, -0.25) is 0 Å². The average Bonchev–Trinajstić information content (AvgIpc) is 2.77. The monoisotopic (exact) mass is 280 g/mol. The molecule has 0 amide bonds. The van der Waals surface area contributed by atoms with Crippen LogP contribution >= 0.6 is 15.9 Å². The molecule has 0 unspecified atom stereocenters. The van der Waals surface area contributed by atoms with E-state index >= 15 is 0 Å². The van der Waals surface area contributed by atoms with Gasteiger partial charge in [0.25, 0.3) is 0 Å². The van der Waals surface area contributed by atoms with Crippen LogP contribution in [0.5, 0.6) is 0 Å². The third-order valence-corrected chi connectivity index (χ3v) is 2.57. The van der Waals surface area contributed by atoms with Crippen LogP contribution in [0.3, 0.4) is 0 Å². The van der Waals surface area contributed by atoms with Crippen LogP contribution in [0.1, 0.15) is 10.5 Å². The van der Waals surface area contributed by atoms with Crippen LogP contribution in [0.2, 0.25) is 0 Å². The molecule has 82 valence electrons. The molecule has 1 N–H and O–H groups in total. The third-order valence-electron chi connectivity index (χ3n) is 2.08. The highest BCUT2D eigenvalue weighted by molar-refractivity contribution is 9.10. The Morgan fingerprint density at radius 1 is 1.50 bits per heavy atom. The first-order valence-corrected chi connectivity index (χ1v) is 5.39. The first kappa shape index (κ1) is 10.9. The SMILES string of the molecule is COC(=O)c1cnc(-c2cccc(Br)c2)[nH]1. The molecule has 0 aliphatic rings. The Balaban J connectivity index is 2.35. The fourth-order valence-electron chi connectivity index (χ4n) is 1.32. The van der Waals surface area contributed by atoms with E-state index in [0.717, 1.165) is 10.0 Å². The second-order valence-electron chi connectivity index (χ2n) is 3.15. The first-order valence-electron chi connectivity index (χ1n) is 4.60. The van der Waals surface area contributed by atoms with Crippen LogP contribution in [-0.2, 0) is 4.74 Å². The number of carbonyl (C=O) groups is 1. The number of esters is 1. The summed E-state index contributed by atoms with van der Waals surface area (Å²) >= 11 is 3.38. The standard InChI is InChI=1S/C11H9BrN2O2/c1-16-11(15)9-6-13-10(14-9)7-3-2-4-8(12)5-7/h2-6H,1H3,(H,13,14). The van der Waals surface area contributed by atoms with E-state index in [2.05, 4.69) is 30.6 Å². The summed E-state index contributed by atoms with van der Waals surface area (Å²) in [7, 11) is 1.34. The molecule has 0 aliphatic carbocycles. The molecule has 2 rings (SSSR count). The van der Waals surface area contributed by atoms with Gasteiger partial charge in [0.1, 0.15) is 11.5 Å². The second kappa shape index (κ2) is 4.49. The molecule has 0 spiro atoms. The number of methoxy groups -OCH3 is 1. The summed E-state index contributed by atoms with van der Waals surface area (Å²) in [6, 6.07) is 7.65. The van der Waals surface area contributed by atoms with E-state index in [4.69, 9.17) is 0 Å². The highest BCUT2D eigenvalue weighted by Crippen LogP contribution is 2.20. The van der Waals surface area contributed by atoms with Gasteiger partial charge in [0.2, 0.25) is 0 Å². The minimum Gasteiger partial charge on any atom is -0.464 e. The number of rotatable bonds is 2. The number of benzene rings is 1. The van der Waals surface area contributed by atoms with Gasteiger partial charge in [0, 0.05) is 10.0 Å². The van der Waals surface area contributed by atoms with Gasteiger partial charge in [0.05, 0.1) is 13.3 Å². The Labute approximate surface area is 101 Å². The zero-order valence-electron chi connectivity index (χ0n) is 8.53. The summed E-state index contributed by atoms with van der Waals surface area (Å²) in [6.45, 7) is 0. The predicted molar refractivity (Wildman–Crippen MR) is 63.1 cm³/mol. The molecule has 0 atom stereocenters. The van der Waals surface area contributed by atoms with Crippen molar-refractivity contribution in [2.75, 3.05) is 7.11 Å². The van der Waals surface area contributed by atoms with E-state index in [-0.39, 0.29) is 0 Å².